The van der Waals surface area contributed by atoms with E-state index in [4.69, 9.17) is 0 Å². The van der Waals surface area contributed by atoms with Crippen molar-refractivity contribution in [2.75, 3.05) is 24.4 Å². The first kappa shape index (κ1) is 22.2. The quantitative estimate of drug-likeness (QED) is 0.670. The number of piperidine rings is 1. The van der Waals surface area contributed by atoms with E-state index < -0.39 is 15.8 Å². The summed E-state index contributed by atoms with van der Waals surface area (Å²) in [7, 11) is -3.79. The van der Waals surface area contributed by atoms with Crippen LogP contribution in [0.3, 0.4) is 0 Å². The predicted molar refractivity (Wildman–Crippen MR) is 115 cm³/mol. The van der Waals surface area contributed by atoms with Gasteiger partial charge in [0.1, 0.15) is 5.82 Å². The van der Waals surface area contributed by atoms with Gasteiger partial charge in [0, 0.05) is 24.8 Å². The number of amides is 1. The highest BCUT2D eigenvalue weighted by atomic mass is 32.2. The molecule has 3 rings (SSSR count). The van der Waals surface area contributed by atoms with Gasteiger partial charge in [-0.1, -0.05) is 19.1 Å². The Morgan fingerprint density at radius 1 is 1.07 bits per heavy atom. The molecular formula is C22H28FN3O3S. The SMILES string of the molecule is CCCN1CCC(NC(=O)Cc2ccc(NS(=O)(=O)c3ccc(F)cc3)cc2)CC1. The topological polar surface area (TPSA) is 78.5 Å². The molecule has 1 amide bonds. The van der Waals surface area contributed by atoms with E-state index in [2.05, 4.69) is 21.9 Å². The number of benzene rings is 2. The number of sulfonamides is 1. The van der Waals surface area contributed by atoms with Gasteiger partial charge in [-0.05, 0) is 67.8 Å². The third-order valence-corrected chi connectivity index (χ3v) is 6.58. The van der Waals surface area contributed by atoms with Crippen LogP contribution in [0.4, 0.5) is 10.1 Å². The second kappa shape index (κ2) is 10.0. The lowest BCUT2D eigenvalue weighted by molar-refractivity contribution is -0.121. The summed E-state index contributed by atoms with van der Waals surface area (Å²) >= 11 is 0. The first-order valence-corrected chi connectivity index (χ1v) is 11.7. The van der Waals surface area contributed by atoms with Gasteiger partial charge in [-0.3, -0.25) is 9.52 Å². The summed E-state index contributed by atoms with van der Waals surface area (Å²) < 4.78 is 40.2. The number of rotatable bonds is 8. The van der Waals surface area contributed by atoms with Crippen LogP contribution >= 0.6 is 0 Å². The zero-order valence-corrected chi connectivity index (χ0v) is 17.9. The lowest BCUT2D eigenvalue weighted by atomic mass is 10.0. The summed E-state index contributed by atoms with van der Waals surface area (Å²) in [5, 5.41) is 3.10. The second-order valence-electron chi connectivity index (χ2n) is 7.62. The van der Waals surface area contributed by atoms with E-state index in [1.165, 1.54) is 12.1 Å². The molecule has 1 fully saturated rings. The highest BCUT2D eigenvalue weighted by Crippen LogP contribution is 2.17. The first-order valence-electron chi connectivity index (χ1n) is 10.2. The number of hydrogen-bond donors (Lipinski definition) is 2. The fraction of sp³-hybridized carbons (Fsp3) is 0.409. The zero-order valence-electron chi connectivity index (χ0n) is 17.1. The van der Waals surface area contributed by atoms with Crippen molar-refractivity contribution in [3.05, 3.63) is 59.9 Å². The number of likely N-dealkylation sites (tertiary alicyclic amines) is 1. The van der Waals surface area contributed by atoms with Crippen molar-refractivity contribution in [2.24, 2.45) is 0 Å². The Hall–Kier alpha value is -2.45. The molecule has 0 atom stereocenters. The molecule has 8 heteroatoms. The fourth-order valence-electron chi connectivity index (χ4n) is 3.60. The molecule has 0 unspecified atom stereocenters. The van der Waals surface area contributed by atoms with E-state index in [1.54, 1.807) is 24.3 Å². The fourth-order valence-corrected chi connectivity index (χ4v) is 4.66. The molecule has 0 bridgehead atoms. The molecule has 2 aromatic carbocycles. The van der Waals surface area contributed by atoms with Gasteiger partial charge in [-0.15, -0.1) is 0 Å². The van der Waals surface area contributed by atoms with E-state index in [0.717, 1.165) is 56.6 Å². The summed E-state index contributed by atoms with van der Waals surface area (Å²) in [6.45, 7) is 5.31. The Labute approximate surface area is 177 Å². The van der Waals surface area contributed by atoms with E-state index in [-0.39, 0.29) is 23.3 Å². The molecule has 2 aromatic rings. The van der Waals surface area contributed by atoms with Crippen molar-refractivity contribution >= 4 is 21.6 Å². The molecule has 2 N–H and O–H groups in total. The van der Waals surface area contributed by atoms with Crippen LogP contribution < -0.4 is 10.0 Å². The Balaban J connectivity index is 1.50. The van der Waals surface area contributed by atoms with Crippen LogP contribution in [0, 0.1) is 5.82 Å². The van der Waals surface area contributed by atoms with Gasteiger partial charge >= 0.3 is 0 Å². The molecule has 0 radical (unpaired) electrons. The van der Waals surface area contributed by atoms with Crippen molar-refractivity contribution in [3.8, 4) is 0 Å². The number of carbonyl (C=O) groups excluding carboxylic acids is 1. The number of hydrogen-bond acceptors (Lipinski definition) is 4. The third kappa shape index (κ3) is 6.27. The summed E-state index contributed by atoms with van der Waals surface area (Å²) in [5.41, 5.74) is 1.19. The number of carbonyl (C=O) groups is 1. The second-order valence-corrected chi connectivity index (χ2v) is 9.30. The molecular weight excluding hydrogens is 405 g/mol. The monoisotopic (exact) mass is 433 g/mol. The maximum atomic E-state index is 13.0. The van der Waals surface area contributed by atoms with Crippen LogP contribution in [0.25, 0.3) is 0 Å². The average molecular weight is 434 g/mol. The molecule has 6 nitrogen and oxygen atoms in total. The molecule has 0 spiro atoms. The Kier molecular flexibility index (Phi) is 7.44. The van der Waals surface area contributed by atoms with Gasteiger partial charge < -0.3 is 10.2 Å². The first-order chi connectivity index (χ1) is 14.4. The van der Waals surface area contributed by atoms with E-state index in [0.29, 0.717) is 5.69 Å². The van der Waals surface area contributed by atoms with Crippen LogP contribution in [0.5, 0.6) is 0 Å². The number of nitrogens with one attached hydrogen (secondary N) is 2. The summed E-state index contributed by atoms with van der Waals surface area (Å²) in [4.78, 5) is 14.8. The summed E-state index contributed by atoms with van der Waals surface area (Å²) in [6.07, 6.45) is 3.33. The van der Waals surface area contributed by atoms with Crippen LogP contribution in [0.15, 0.2) is 53.4 Å². The van der Waals surface area contributed by atoms with Gasteiger partial charge in [0.15, 0.2) is 0 Å². The standard InChI is InChI=1S/C22H28FN3O3S/c1-2-13-26-14-11-19(12-15-26)24-22(27)16-17-3-7-20(8-4-17)25-30(28,29)21-9-5-18(23)6-10-21/h3-10,19,25H,2,11-16H2,1H3,(H,24,27). The van der Waals surface area contributed by atoms with Crippen molar-refractivity contribution in [3.63, 3.8) is 0 Å². The van der Waals surface area contributed by atoms with Gasteiger partial charge in [-0.25, -0.2) is 12.8 Å². The highest BCUT2D eigenvalue weighted by molar-refractivity contribution is 7.92. The molecule has 0 saturated carbocycles. The lowest BCUT2D eigenvalue weighted by Crippen LogP contribution is -2.45. The Morgan fingerprint density at radius 2 is 1.70 bits per heavy atom. The Bertz CT molecular complexity index is 939. The molecule has 30 heavy (non-hydrogen) atoms. The molecule has 0 aliphatic carbocycles. The minimum Gasteiger partial charge on any atom is -0.353 e. The normalized spacial score (nSPS) is 15.7. The van der Waals surface area contributed by atoms with Crippen LogP contribution in [0.2, 0.25) is 0 Å². The molecule has 0 aromatic heterocycles. The summed E-state index contributed by atoms with van der Waals surface area (Å²) in [6, 6.07) is 11.5. The predicted octanol–water partition coefficient (Wildman–Crippen LogP) is 3.16. The van der Waals surface area contributed by atoms with Gasteiger partial charge in [0.05, 0.1) is 11.3 Å². The van der Waals surface area contributed by atoms with Crippen LogP contribution in [-0.2, 0) is 21.2 Å². The largest absolute Gasteiger partial charge is 0.353 e. The maximum absolute atomic E-state index is 13.0. The van der Waals surface area contributed by atoms with E-state index >= 15 is 0 Å². The molecule has 1 aliphatic heterocycles. The minimum absolute atomic E-state index is 0.0164. The average Bonchev–Trinajstić information content (AvgIpc) is 2.71. The van der Waals surface area contributed by atoms with E-state index in [1.807, 2.05) is 0 Å². The van der Waals surface area contributed by atoms with Crippen molar-refractivity contribution in [2.45, 2.75) is 43.5 Å². The summed E-state index contributed by atoms with van der Waals surface area (Å²) in [5.74, 6) is -0.522. The minimum atomic E-state index is -3.79. The van der Waals surface area contributed by atoms with E-state index in [9.17, 15) is 17.6 Å². The number of halogens is 1. The molecule has 162 valence electrons. The van der Waals surface area contributed by atoms with Crippen LogP contribution in [0.1, 0.15) is 31.7 Å². The van der Waals surface area contributed by atoms with Crippen molar-refractivity contribution < 1.29 is 17.6 Å². The smallest absolute Gasteiger partial charge is 0.261 e. The third-order valence-electron chi connectivity index (χ3n) is 5.19. The zero-order chi connectivity index (χ0) is 21.6. The molecule has 1 saturated heterocycles. The van der Waals surface area contributed by atoms with Gasteiger partial charge in [-0.2, -0.15) is 0 Å². The maximum Gasteiger partial charge on any atom is 0.261 e. The number of nitrogens with zero attached hydrogens (tertiary/aromatic N) is 1. The Morgan fingerprint density at radius 3 is 2.30 bits per heavy atom. The van der Waals surface area contributed by atoms with Crippen molar-refractivity contribution in [1.29, 1.82) is 0 Å². The lowest BCUT2D eigenvalue weighted by Gasteiger charge is -2.32. The van der Waals surface area contributed by atoms with Gasteiger partial charge in [0.2, 0.25) is 5.91 Å². The van der Waals surface area contributed by atoms with Crippen molar-refractivity contribution in [1.82, 2.24) is 10.2 Å². The highest BCUT2D eigenvalue weighted by Gasteiger charge is 2.20. The van der Waals surface area contributed by atoms with Crippen LogP contribution in [-0.4, -0.2) is 44.9 Å². The molecule has 1 aliphatic rings. The van der Waals surface area contributed by atoms with Gasteiger partial charge in [0.25, 0.3) is 10.0 Å². The molecule has 1 heterocycles. The number of anilines is 1.